The third kappa shape index (κ3) is 3.98. The fourth-order valence-corrected chi connectivity index (χ4v) is 4.71. The van der Waals surface area contributed by atoms with Crippen LogP contribution in [0.5, 0.6) is 0 Å². The lowest BCUT2D eigenvalue weighted by molar-refractivity contribution is -0.157. The minimum absolute atomic E-state index is 0.0342. The number of carbonyl (C=O) groups is 3. The first-order valence-corrected chi connectivity index (χ1v) is 9.54. The molecule has 0 aliphatic heterocycles. The summed E-state index contributed by atoms with van der Waals surface area (Å²) in [7, 11) is 0. The summed E-state index contributed by atoms with van der Waals surface area (Å²) in [4.78, 5) is 36.4. The fraction of sp³-hybridized carbons (Fsp3) is 0.842. The highest BCUT2D eigenvalue weighted by molar-refractivity contribution is 5.88. The quantitative estimate of drug-likeness (QED) is 0.802. The van der Waals surface area contributed by atoms with E-state index in [4.69, 9.17) is 4.74 Å². The lowest BCUT2D eigenvalue weighted by atomic mass is 9.67. The first-order chi connectivity index (χ1) is 11.5. The van der Waals surface area contributed by atoms with Crippen molar-refractivity contribution in [2.75, 3.05) is 6.61 Å². The zero-order chi connectivity index (χ0) is 17.1. The highest BCUT2D eigenvalue weighted by Gasteiger charge is 2.41. The van der Waals surface area contributed by atoms with Crippen LogP contribution >= 0.6 is 0 Å². The first kappa shape index (κ1) is 17.4. The largest absolute Gasteiger partial charge is 0.455 e. The summed E-state index contributed by atoms with van der Waals surface area (Å²) in [5.41, 5.74) is 0. The van der Waals surface area contributed by atoms with Crippen molar-refractivity contribution in [1.29, 1.82) is 0 Å². The number of ether oxygens (including phenoxy) is 1. The Bertz CT molecular complexity index is 488. The van der Waals surface area contributed by atoms with Crippen molar-refractivity contribution in [3.8, 4) is 0 Å². The van der Waals surface area contributed by atoms with Crippen molar-refractivity contribution in [2.45, 2.75) is 70.8 Å². The van der Waals surface area contributed by atoms with Crippen LogP contribution in [0.2, 0.25) is 0 Å². The number of esters is 1. The number of Topliss-reactive ketones (excluding diaryl/α,β-unsaturated/α-hetero) is 1. The van der Waals surface area contributed by atoms with Gasteiger partial charge in [-0.25, -0.2) is 0 Å². The molecule has 0 radical (unpaired) electrons. The number of ketones is 1. The number of carbonyl (C=O) groups excluding carboxylic acids is 3. The van der Waals surface area contributed by atoms with E-state index in [0.717, 1.165) is 38.5 Å². The molecule has 0 saturated heterocycles. The van der Waals surface area contributed by atoms with Gasteiger partial charge < -0.3 is 10.1 Å². The number of hydrogen-bond donors (Lipinski definition) is 1. The monoisotopic (exact) mass is 335 g/mol. The molecule has 24 heavy (non-hydrogen) atoms. The van der Waals surface area contributed by atoms with Crippen LogP contribution in [0.1, 0.15) is 64.7 Å². The molecule has 2 bridgehead atoms. The third-order valence-corrected chi connectivity index (χ3v) is 6.18. The van der Waals surface area contributed by atoms with E-state index in [0.29, 0.717) is 24.5 Å². The van der Waals surface area contributed by atoms with Crippen LogP contribution in [-0.4, -0.2) is 30.3 Å². The molecule has 1 N–H and O–H groups in total. The second kappa shape index (κ2) is 7.66. The summed E-state index contributed by atoms with van der Waals surface area (Å²) in [6, 6.07) is 0.205. The number of nitrogens with one attached hydrogen (secondary N) is 1. The van der Waals surface area contributed by atoms with Gasteiger partial charge in [-0.05, 0) is 44.4 Å². The molecule has 5 heteroatoms. The number of hydrogen-bond acceptors (Lipinski definition) is 4. The fourth-order valence-electron chi connectivity index (χ4n) is 4.71. The van der Waals surface area contributed by atoms with Gasteiger partial charge in [-0.15, -0.1) is 0 Å². The van der Waals surface area contributed by atoms with Crippen molar-refractivity contribution in [1.82, 2.24) is 5.32 Å². The highest BCUT2D eigenvalue weighted by Crippen LogP contribution is 2.40. The van der Waals surface area contributed by atoms with Gasteiger partial charge in [-0.3, -0.25) is 14.4 Å². The molecular formula is C19H29NO4. The molecule has 134 valence electrons. The Balaban J connectivity index is 1.43. The van der Waals surface area contributed by atoms with E-state index in [1.54, 1.807) is 0 Å². The molecule has 3 rings (SSSR count). The molecule has 1 amide bonds. The second-order valence-corrected chi connectivity index (χ2v) is 7.94. The normalized spacial score (nSPS) is 36.0. The van der Waals surface area contributed by atoms with Gasteiger partial charge in [0, 0.05) is 17.9 Å². The van der Waals surface area contributed by atoms with E-state index in [1.807, 2.05) is 0 Å². The molecule has 0 aromatic rings. The third-order valence-electron chi connectivity index (χ3n) is 6.18. The molecule has 3 fully saturated rings. The van der Waals surface area contributed by atoms with E-state index in [-0.39, 0.29) is 42.3 Å². The zero-order valence-corrected chi connectivity index (χ0v) is 14.6. The molecule has 0 aromatic heterocycles. The molecule has 5 nitrogen and oxygen atoms in total. The molecule has 3 aliphatic rings. The van der Waals surface area contributed by atoms with Crippen molar-refractivity contribution >= 4 is 17.7 Å². The standard InChI is InChI=1S/C19H29NO4/c1-12-5-2-3-8-16(12)20-17(21)11-24-19(23)15-9-13-6-4-7-14(10-15)18(13)22/h12-16H,2-11H2,1H3,(H,20,21)/t12-,13-,14-,16+/m0/s1. The SMILES string of the molecule is C[C@H]1CCCC[C@H]1NC(=O)COC(=O)C1C[C@@H]2CCC[C@@H](C1)C2=O. The Labute approximate surface area is 143 Å². The number of rotatable bonds is 4. The van der Waals surface area contributed by atoms with Gasteiger partial charge in [0.1, 0.15) is 5.78 Å². The molecular weight excluding hydrogens is 306 g/mol. The highest BCUT2D eigenvalue weighted by atomic mass is 16.5. The van der Waals surface area contributed by atoms with Crippen molar-refractivity contribution in [2.24, 2.45) is 23.7 Å². The second-order valence-electron chi connectivity index (χ2n) is 7.94. The minimum atomic E-state index is -0.300. The van der Waals surface area contributed by atoms with Crippen molar-refractivity contribution in [3.05, 3.63) is 0 Å². The van der Waals surface area contributed by atoms with Crippen LogP contribution in [0.3, 0.4) is 0 Å². The molecule has 0 spiro atoms. The Morgan fingerprint density at radius 2 is 1.71 bits per heavy atom. The van der Waals surface area contributed by atoms with Crippen molar-refractivity contribution < 1.29 is 19.1 Å². The number of amides is 1. The molecule has 4 atom stereocenters. The van der Waals surface area contributed by atoms with Crippen molar-refractivity contribution in [3.63, 3.8) is 0 Å². The van der Waals surface area contributed by atoms with Crippen LogP contribution in [0, 0.1) is 23.7 Å². The predicted octanol–water partition coefficient (Wildman–Crippen LogP) is 2.62. The summed E-state index contributed by atoms with van der Waals surface area (Å²) in [6.45, 7) is 1.97. The van der Waals surface area contributed by atoms with Crippen LogP contribution in [0.4, 0.5) is 0 Å². The summed E-state index contributed by atoms with van der Waals surface area (Å²) in [6.07, 6.45) is 8.63. The molecule has 0 aromatic carbocycles. The summed E-state index contributed by atoms with van der Waals surface area (Å²) in [5.74, 6) is 0.190. The predicted molar refractivity (Wildman–Crippen MR) is 89.1 cm³/mol. The average Bonchev–Trinajstić information content (AvgIpc) is 2.54. The van der Waals surface area contributed by atoms with Crippen LogP contribution < -0.4 is 5.32 Å². The van der Waals surface area contributed by atoms with Gasteiger partial charge >= 0.3 is 5.97 Å². The summed E-state index contributed by atoms with van der Waals surface area (Å²) >= 11 is 0. The minimum Gasteiger partial charge on any atom is -0.455 e. The molecule has 0 heterocycles. The molecule has 3 aliphatic carbocycles. The molecule has 0 unspecified atom stereocenters. The van der Waals surface area contributed by atoms with Gasteiger partial charge in [0.05, 0.1) is 5.92 Å². The van der Waals surface area contributed by atoms with Crippen LogP contribution in [0.25, 0.3) is 0 Å². The Kier molecular flexibility index (Phi) is 5.57. The maximum Gasteiger partial charge on any atom is 0.309 e. The van der Waals surface area contributed by atoms with E-state index in [9.17, 15) is 14.4 Å². The Hall–Kier alpha value is -1.39. The lowest BCUT2D eigenvalue weighted by Crippen LogP contribution is -2.44. The van der Waals surface area contributed by atoms with Gasteiger partial charge in [-0.1, -0.05) is 26.2 Å². The van der Waals surface area contributed by atoms with Gasteiger partial charge in [0.25, 0.3) is 5.91 Å². The zero-order valence-electron chi connectivity index (χ0n) is 14.6. The van der Waals surface area contributed by atoms with Crippen LogP contribution in [-0.2, 0) is 19.1 Å². The Morgan fingerprint density at radius 1 is 1.04 bits per heavy atom. The summed E-state index contributed by atoms with van der Waals surface area (Å²) in [5, 5.41) is 3.00. The lowest BCUT2D eigenvalue weighted by Gasteiger charge is -2.36. The van der Waals surface area contributed by atoms with Gasteiger partial charge in [0.2, 0.25) is 0 Å². The first-order valence-electron chi connectivity index (χ1n) is 9.54. The van der Waals surface area contributed by atoms with Gasteiger partial charge in [-0.2, -0.15) is 0 Å². The maximum atomic E-state index is 12.3. The average molecular weight is 335 g/mol. The van der Waals surface area contributed by atoms with E-state index in [1.165, 1.54) is 6.42 Å². The van der Waals surface area contributed by atoms with E-state index in [2.05, 4.69) is 12.2 Å². The van der Waals surface area contributed by atoms with Crippen LogP contribution in [0.15, 0.2) is 0 Å². The van der Waals surface area contributed by atoms with E-state index < -0.39 is 0 Å². The molecule has 3 saturated carbocycles. The maximum absolute atomic E-state index is 12.3. The van der Waals surface area contributed by atoms with Gasteiger partial charge in [0.15, 0.2) is 6.61 Å². The van der Waals surface area contributed by atoms with E-state index >= 15 is 0 Å². The number of fused-ring (bicyclic) bond motifs is 2. The smallest absolute Gasteiger partial charge is 0.309 e. The Morgan fingerprint density at radius 3 is 2.38 bits per heavy atom. The summed E-state index contributed by atoms with van der Waals surface area (Å²) < 4.78 is 5.26. The topological polar surface area (TPSA) is 72.5 Å².